The van der Waals surface area contributed by atoms with E-state index in [0.717, 1.165) is 36.3 Å². The second kappa shape index (κ2) is 6.93. The molecule has 0 aliphatic carbocycles. The zero-order chi connectivity index (χ0) is 14.4. The Labute approximate surface area is 119 Å². The number of hydrazone groups is 1. The van der Waals surface area contributed by atoms with Gasteiger partial charge in [-0.2, -0.15) is 5.10 Å². The van der Waals surface area contributed by atoms with Crippen LogP contribution >= 0.6 is 0 Å². The van der Waals surface area contributed by atoms with Gasteiger partial charge in [0.2, 0.25) is 12.7 Å². The highest BCUT2D eigenvalue weighted by Crippen LogP contribution is 2.32. The van der Waals surface area contributed by atoms with Gasteiger partial charge in [-0.05, 0) is 31.5 Å². The van der Waals surface area contributed by atoms with Crippen molar-refractivity contribution in [2.75, 3.05) is 6.79 Å². The number of nitrogens with zero attached hydrogens (tertiary/aromatic N) is 1. The predicted octanol–water partition coefficient (Wildman–Crippen LogP) is 2.84. The molecular weight excluding hydrogens is 256 g/mol. The highest BCUT2D eigenvalue weighted by molar-refractivity contribution is 5.99. The Kier molecular flexibility index (Phi) is 4.98. The van der Waals surface area contributed by atoms with Gasteiger partial charge in [0, 0.05) is 12.0 Å². The second-order valence-electron chi connectivity index (χ2n) is 4.76. The molecule has 1 aromatic carbocycles. The minimum atomic E-state index is -0.0430. The summed E-state index contributed by atoms with van der Waals surface area (Å²) in [5.74, 6) is 1.41. The number of ether oxygens (including phenoxy) is 2. The first kappa shape index (κ1) is 14.4. The van der Waals surface area contributed by atoms with Crippen LogP contribution in [0.2, 0.25) is 0 Å². The lowest BCUT2D eigenvalue weighted by molar-refractivity contribution is -0.121. The molecule has 1 aromatic rings. The molecule has 0 fully saturated rings. The highest BCUT2D eigenvalue weighted by Gasteiger charge is 2.14. The maximum atomic E-state index is 11.6. The average molecular weight is 276 g/mol. The number of carbonyl (C=O) groups is 1. The van der Waals surface area contributed by atoms with E-state index in [0.29, 0.717) is 12.2 Å². The highest BCUT2D eigenvalue weighted by atomic mass is 16.7. The minimum absolute atomic E-state index is 0.0430. The van der Waals surface area contributed by atoms with Crippen molar-refractivity contribution in [3.63, 3.8) is 0 Å². The van der Waals surface area contributed by atoms with Gasteiger partial charge in [-0.1, -0.05) is 19.8 Å². The Hall–Kier alpha value is -2.04. The van der Waals surface area contributed by atoms with E-state index < -0.39 is 0 Å². The Morgan fingerprint density at radius 2 is 2.10 bits per heavy atom. The summed E-state index contributed by atoms with van der Waals surface area (Å²) in [5, 5.41) is 4.12. The lowest BCUT2D eigenvalue weighted by Gasteiger charge is -2.04. The molecule has 1 N–H and O–H groups in total. The summed E-state index contributed by atoms with van der Waals surface area (Å²) in [7, 11) is 0. The van der Waals surface area contributed by atoms with Crippen molar-refractivity contribution in [1.29, 1.82) is 0 Å². The van der Waals surface area contributed by atoms with E-state index in [4.69, 9.17) is 9.47 Å². The minimum Gasteiger partial charge on any atom is -0.454 e. The van der Waals surface area contributed by atoms with Gasteiger partial charge in [-0.25, -0.2) is 5.43 Å². The van der Waals surface area contributed by atoms with E-state index in [1.165, 1.54) is 0 Å². The van der Waals surface area contributed by atoms with Crippen molar-refractivity contribution in [3.8, 4) is 11.5 Å². The second-order valence-corrected chi connectivity index (χ2v) is 4.76. The molecule has 1 aliphatic heterocycles. The fourth-order valence-corrected chi connectivity index (χ4v) is 1.92. The number of hydrogen-bond donors (Lipinski definition) is 1. The van der Waals surface area contributed by atoms with Crippen molar-refractivity contribution in [2.24, 2.45) is 5.10 Å². The van der Waals surface area contributed by atoms with Gasteiger partial charge in [-0.3, -0.25) is 4.79 Å². The predicted molar refractivity (Wildman–Crippen MR) is 77.1 cm³/mol. The van der Waals surface area contributed by atoms with E-state index in [1.54, 1.807) is 0 Å². The molecule has 1 amide bonds. The van der Waals surface area contributed by atoms with E-state index >= 15 is 0 Å². The number of unbranched alkanes of at least 4 members (excludes halogenated alkanes) is 2. The number of rotatable bonds is 6. The molecule has 0 saturated heterocycles. The largest absolute Gasteiger partial charge is 0.454 e. The zero-order valence-corrected chi connectivity index (χ0v) is 11.9. The number of hydrogen-bond acceptors (Lipinski definition) is 4. The quantitative estimate of drug-likeness (QED) is 0.494. The van der Waals surface area contributed by atoms with E-state index in [2.05, 4.69) is 17.5 Å². The summed E-state index contributed by atoms with van der Waals surface area (Å²) in [4.78, 5) is 11.6. The van der Waals surface area contributed by atoms with Crippen LogP contribution in [0.15, 0.2) is 23.3 Å². The lowest BCUT2D eigenvalue weighted by Crippen LogP contribution is -2.18. The van der Waals surface area contributed by atoms with Crippen molar-refractivity contribution in [1.82, 2.24) is 5.43 Å². The van der Waals surface area contributed by atoms with Gasteiger partial charge in [0.25, 0.3) is 0 Å². The van der Waals surface area contributed by atoms with Gasteiger partial charge in [-0.15, -0.1) is 0 Å². The smallest absolute Gasteiger partial charge is 0.240 e. The molecular formula is C15H20N2O3. The lowest BCUT2D eigenvalue weighted by atomic mass is 10.1. The van der Waals surface area contributed by atoms with Crippen LogP contribution in [0.25, 0.3) is 0 Å². The van der Waals surface area contributed by atoms with E-state index in [1.807, 2.05) is 25.1 Å². The van der Waals surface area contributed by atoms with Crippen molar-refractivity contribution in [3.05, 3.63) is 23.8 Å². The van der Waals surface area contributed by atoms with Crippen LogP contribution in [0.1, 0.15) is 45.1 Å². The molecule has 0 atom stereocenters. The van der Waals surface area contributed by atoms with Crippen LogP contribution < -0.4 is 14.9 Å². The van der Waals surface area contributed by atoms with Gasteiger partial charge >= 0.3 is 0 Å². The third-order valence-electron chi connectivity index (χ3n) is 3.15. The van der Waals surface area contributed by atoms with Crippen molar-refractivity contribution < 1.29 is 14.3 Å². The molecule has 1 heterocycles. The summed E-state index contributed by atoms with van der Waals surface area (Å²) in [6.45, 7) is 4.22. The summed E-state index contributed by atoms with van der Waals surface area (Å²) in [5.41, 5.74) is 4.23. The first-order valence-electron chi connectivity index (χ1n) is 6.94. The molecule has 0 aromatic heterocycles. The van der Waals surface area contributed by atoms with Crippen LogP contribution in [-0.4, -0.2) is 18.4 Å². The Balaban J connectivity index is 1.91. The molecule has 0 radical (unpaired) electrons. The first-order valence-corrected chi connectivity index (χ1v) is 6.94. The van der Waals surface area contributed by atoms with E-state index in [-0.39, 0.29) is 12.7 Å². The molecule has 20 heavy (non-hydrogen) atoms. The van der Waals surface area contributed by atoms with Gasteiger partial charge in [0.1, 0.15) is 0 Å². The maximum absolute atomic E-state index is 11.6. The Morgan fingerprint density at radius 3 is 2.90 bits per heavy atom. The number of carbonyl (C=O) groups excluding carboxylic acids is 1. The number of benzene rings is 1. The topological polar surface area (TPSA) is 59.9 Å². The molecule has 1 aliphatic rings. The van der Waals surface area contributed by atoms with Crippen molar-refractivity contribution in [2.45, 2.75) is 39.5 Å². The molecule has 0 spiro atoms. The standard InChI is InChI=1S/C15H20N2O3/c1-3-4-5-6-15(18)17-16-11(2)12-7-8-13-14(9-12)20-10-19-13/h7-9H,3-6,10H2,1-2H3,(H,17,18)/b16-11-. The van der Waals surface area contributed by atoms with Crippen molar-refractivity contribution >= 4 is 11.6 Å². The van der Waals surface area contributed by atoms with E-state index in [9.17, 15) is 4.79 Å². The van der Waals surface area contributed by atoms with Gasteiger partial charge in [0.05, 0.1) is 5.71 Å². The van der Waals surface area contributed by atoms with Crippen LogP contribution in [0.4, 0.5) is 0 Å². The molecule has 2 rings (SSSR count). The Bertz CT molecular complexity index is 512. The van der Waals surface area contributed by atoms with Crippen LogP contribution in [0.3, 0.4) is 0 Å². The monoisotopic (exact) mass is 276 g/mol. The summed E-state index contributed by atoms with van der Waals surface area (Å²) in [6.07, 6.45) is 3.59. The van der Waals surface area contributed by atoms with Gasteiger partial charge in [0.15, 0.2) is 11.5 Å². The van der Waals surface area contributed by atoms with Crippen LogP contribution in [-0.2, 0) is 4.79 Å². The molecule has 108 valence electrons. The average Bonchev–Trinajstić information content (AvgIpc) is 2.92. The van der Waals surface area contributed by atoms with Crippen LogP contribution in [0.5, 0.6) is 11.5 Å². The maximum Gasteiger partial charge on any atom is 0.240 e. The fourth-order valence-electron chi connectivity index (χ4n) is 1.92. The number of amides is 1. The summed E-state index contributed by atoms with van der Waals surface area (Å²) in [6, 6.07) is 5.61. The molecule has 5 nitrogen and oxygen atoms in total. The fraction of sp³-hybridized carbons (Fsp3) is 0.467. The van der Waals surface area contributed by atoms with Crippen LogP contribution in [0, 0.1) is 0 Å². The normalized spacial score (nSPS) is 13.4. The first-order chi connectivity index (χ1) is 9.70. The molecule has 0 saturated carbocycles. The summed E-state index contributed by atoms with van der Waals surface area (Å²) < 4.78 is 10.6. The van der Waals surface area contributed by atoms with Gasteiger partial charge < -0.3 is 9.47 Å². The summed E-state index contributed by atoms with van der Waals surface area (Å²) >= 11 is 0. The Morgan fingerprint density at radius 1 is 1.30 bits per heavy atom. The third-order valence-corrected chi connectivity index (χ3v) is 3.15. The molecule has 5 heteroatoms. The number of nitrogens with one attached hydrogen (secondary N) is 1. The molecule has 0 bridgehead atoms. The molecule has 0 unspecified atom stereocenters. The SMILES string of the molecule is CCCCCC(=O)N/N=C(/C)c1ccc2c(c1)OCO2. The third kappa shape index (κ3) is 3.73. The number of fused-ring (bicyclic) bond motifs is 1. The zero-order valence-electron chi connectivity index (χ0n) is 11.9.